The van der Waals surface area contributed by atoms with Gasteiger partial charge in [0.1, 0.15) is 5.78 Å². The van der Waals surface area contributed by atoms with Crippen molar-refractivity contribution in [2.24, 2.45) is 0 Å². The van der Waals surface area contributed by atoms with E-state index in [0.717, 1.165) is 19.5 Å². The molecule has 2 heteroatoms. The molecule has 0 atom stereocenters. The van der Waals surface area contributed by atoms with Gasteiger partial charge in [-0.25, -0.2) is 0 Å². The first-order chi connectivity index (χ1) is 8.25. The van der Waals surface area contributed by atoms with Crippen molar-refractivity contribution in [1.82, 2.24) is 5.32 Å². The van der Waals surface area contributed by atoms with Crippen LogP contribution in [0.15, 0.2) is 18.2 Å². The van der Waals surface area contributed by atoms with Crippen molar-refractivity contribution in [3.8, 4) is 0 Å². The van der Waals surface area contributed by atoms with E-state index in [-0.39, 0.29) is 5.78 Å². The number of aryl methyl sites for hydroxylation is 2. The zero-order valence-electron chi connectivity index (χ0n) is 10.6. The molecule has 1 aromatic rings. The molecule has 0 bridgehead atoms. The van der Waals surface area contributed by atoms with Crippen LogP contribution in [0.2, 0.25) is 0 Å². The number of carbonyl (C=O) groups excluding carboxylic acids is 1. The highest BCUT2D eigenvalue weighted by atomic mass is 16.1. The first-order valence-electron chi connectivity index (χ1n) is 6.56. The fourth-order valence-electron chi connectivity index (χ4n) is 2.43. The van der Waals surface area contributed by atoms with Gasteiger partial charge in [-0.2, -0.15) is 0 Å². The third kappa shape index (κ3) is 3.67. The molecular weight excluding hydrogens is 210 g/mol. The Balaban J connectivity index is 1.74. The summed E-state index contributed by atoms with van der Waals surface area (Å²) in [6.45, 7) is 3.50. The average Bonchev–Trinajstić information content (AvgIpc) is 2.75. The second kappa shape index (κ2) is 5.97. The van der Waals surface area contributed by atoms with E-state index < -0.39 is 0 Å². The van der Waals surface area contributed by atoms with E-state index in [9.17, 15) is 4.79 Å². The summed E-state index contributed by atoms with van der Waals surface area (Å²) in [5, 5.41) is 3.40. The van der Waals surface area contributed by atoms with Gasteiger partial charge in [0.25, 0.3) is 0 Å². The summed E-state index contributed by atoms with van der Waals surface area (Å²) in [6.07, 6.45) is 5.44. The van der Waals surface area contributed by atoms with E-state index in [2.05, 4.69) is 23.5 Å². The molecule has 0 radical (unpaired) electrons. The largest absolute Gasteiger partial charge is 0.313 e. The topological polar surface area (TPSA) is 29.1 Å². The number of carbonyl (C=O) groups is 1. The highest BCUT2D eigenvalue weighted by molar-refractivity contribution is 5.75. The molecule has 17 heavy (non-hydrogen) atoms. The lowest BCUT2D eigenvalue weighted by Gasteiger charge is -2.06. The van der Waals surface area contributed by atoms with Gasteiger partial charge in [-0.1, -0.05) is 18.2 Å². The number of ketones is 1. The summed E-state index contributed by atoms with van der Waals surface area (Å²) in [4.78, 5) is 10.8. The van der Waals surface area contributed by atoms with Crippen LogP contribution in [0.5, 0.6) is 0 Å². The standard InChI is InChI=1S/C15H21NO/c1-12(17)4-3-9-16-11-13-7-8-14-5-2-6-15(14)10-13/h7-8,10,16H,2-6,9,11H2,1H3. The fourth-order valence-corrected chi connectivity index (χ4v) is 2.43. The lowest BCUT2D eigenvalue weighted by Crippen LogP contribution is -2.15. The van der Waals surface area contributed by atoms with Crippen LogP contribution in [0.4, 0.5) is 0 Å². The molecule has 2 nitrogen and oxygen atoms in total. The van der Waals surface area contributed by atoms with E-state index >= 15 is 0 Å². The number of benzene rings is 1. The van der Waals surface area contributed by atoms with Crippen molar-refractivity contribution in [1.29, 1.82) is 0 Å². The molecular formula is C15H21NO. The molecule has 0 fully saturated rings. The van der Waals surface area contributed by atoms with Crippen molar-refractivity contribution in [3.63, 3.8) is 0 Å². The molecule has 2 rings (SSSR count). The summed E-state index contributed by atoms with van der Waals surface area (Å²) >= 11 is 0. The maximum atomic E-state index is 10.8. The molecule has 1 aliphatic carbocycles. The minimum absolute atomic E-state index is 0.282. The Morgan fingerprint density at radius 2 is 2.12 bits per heavy atom. The molecule has 0 amide bonds. The van der Waals surface area contributed by atoms with Crippen molar-refractivity contribution in [2.45, 2.75) is 45.6 Å². The van der Waals surface area contributed by atoms with E-state index in [4.69, 9.17) is 0 Å². The van der Waals surface area contributed by atoms with Crippen molar-refractivity contribution in [2.75, 3.05) is 6.54 Å². The number of hydrogen-bond acceptors (Lipinski definition) is 2. The molecule has 0 spiro atoms. The number of rotatable bonds is 6. The summed E-state index contributed by atoms with van der Waals surface area (Å²) in [6, 6.07) is 6.83. The number of hydrogen-bond donors (Lipinski definition) is 1. The smallest absolute Gasteiger partial charge is 0.129 e. The molecule has 0 saturated heterocycles. The van der Waals surface area contributed by atoms with E-state index in [1.807, 2.05) is 0 Å². The molecule has 0 heterocycles. The third-order valence-electron chi connectivity index (χ3n) is 3.37. The van der Waals surface area contributed by atoms with Crippen LogP contribution in [0, 0.1) is 0 Å². The highest BCUT2D eigenvalue weighted by Crippen LogP contribution is 2.22. The molecule has 0 aromatic heterocycles. The summed E-state index contributed by atoms with van der Waals surface area (Å²) < 4.78 is 0. The van der Waals surface area contributed by atoms with Crippen LogP contribution in [0.25, 0.3) is 0 Å². The van der Waals surface area contributed by atoms with Gasteiger partial charge in [-0.15, -0.1) is 0 Å². The molecule has 0 saturated carbocycles. The van der Waals surface area contributed by atoms with Crippen LogP contribution in [0.1, 0.15) is 42.9 Å². The SMILES string of the molecule is CC(=O)CCCNCc1ccc2c(c1)CCC2. The van der Waals surface area contributed by atoms with Gasteiger partial charge in [0.15, 0.2) is 0 Å². The maximum absolute atomic E-state index is 10.8. The average molecular weight is 231 g/mol. The van der Waals surface area contributed by atoms with E-state index in [1.165, 1.54) is 36.0 Å². The summed E-state index contributed by atoms with van der Waals surface area (Å²) in [7, 11) is 0. The Labute approximate surface area is 103 Å². The van der Waals surface area contributed by atoms with Crippen LogP contribution < -0.4 is 5.32 Å². The second-order valence-electron chi connectivity index (χ2n) is 4.94. The molecule has 1 N–H and O–H groups in total. The predicted molar refractivity (Wildman–Crippen MR) is 70.1 cm³/mol. The Morgan fingerprint density at radius 3 is 2.94 bits per heavy atom. The molecule has 0 unspecified atom stereocenters. The van der Waals surface area contributed by atoms with Gasteiger partial charge in [0, 0.05) is 13.0 Å². The molecule has 92 valence electrons. The number of fused-ring (bicyclic) bond motifs is 1. The summed E-state index contributed by atoms with van der Waals surface area (Å²) in [5.74, 6) is 0.282. The van der Waals surface area contributed by atoms with Crippen LogP contribution in [0.3, 0.4) is 0 Å². The van der Waals surface area contributed by atoms with E-state index in [0.29, 0.717) is 6.42 Å². The maximum Gasteiger partial charge on any atom is 0.129 e. The minimum atomic E-state index is 0.282. The third-order valence-corrected chi connectivity index (χ3v) is 3.37. The Hall–Kier alpha value is -1.15. The zero-order chi connectivity index (χ0) is 12.1. The Morgan fingerprint density at radius 1 is 1.29 bits per heavy atom. The Bertz CT molecular complexity index is 398. The van der Waals surface area contributed by atoms with Crippen LogP contribution >= 0.6 is 0 Å². The number of Topliss-reactive ketones (excluding diaryl/α,β-unsaturated/α-hetero) is 1. The second-order valence-corrected chi connectivity index (χ2v) is 4.94. The van der Waals surface area contributed by atoms with Gasteiger partial charge < -0.3 is 10.1 Å². The monoisotopic (exact) mass is 231 g/mol. The first-order valence-corrected chi connectivity index (χ1v) is 6.56. The van der Waals surface area contributed by atoms with Gasteiger partial charge in [-0.3, -0.25) is 0 Å². The van der Waals surface area contributed by atoms with Gasteiger partial charge in [0.05, 0.1) is 0 Å². The van der Waals surface area contributed by atoms with E-state index in [1.54, 1.807) is 6.92 Å². The quantitative estimate of drug-likeness (QED) is 0.763. The Kier molecular flexibility index (Phi) is 4.32. The number of nitrogens with one attached hydrogen (secondary N) is 1. The normalized spacial score (nSPS) is 13.7. The first kappa shape index (κ1) is 12.3. The van der Waals surface area contributed by atoms with Crippen molar-refractivity contribution in [3.05, 3.63) is 34.9 Å². The lowest BCUT2D eigenvalue weighted by molar-refractivity contribution is -0.117. The van der Waals surface area contributed by atoms with Crippen LogP contribution in [-0.2, 0) is 24.2 Å². The zero-order valence-corrected chi connectivity index (χ0v) is 10.6. The van der Waals surface area contributed by atoms with Gasteiger partial charge in [0.2, 0.25) is 0 Å². The minimum Gasteiger partial charge on any atom is -0.313 e. The lowest BCUT2D eigenvalue weighted by atomic mass is 10.1. The summed E-state index contributed by atoms with van der Waals surface area (Å²) in [5.41, 5.74) is 4.44. The van der Waals surface area contributed by atoms with Crippen LogP contribution in [-0.4, -0.2) is 12.3 Å². The molecule has 0 aliphatic heterocycles. The van der Waals surface area contributed by atoms with Gasteiger partial charge >= 0.3 is 0 Å². The fraction of sp³-hybridized carbons (Fsp3) is 0.533. The van der Waals surface area contributed by atoms with Crippen molar-refractivity contribution >= 4 is 5.78 Å². The predicted octanol–water partition coefficient (Wildman–Crippen LogP) is 2.63. The highest BCUT2D eigenvalue weighted by Gasteiger charge is 2.10. The molecule has 1 aliphatic rings. The van der Waals surface area contributed by atoms with Crippen molar-refractivity contribution < 1.29 is 4.79 Å². The van der Waals surface area contributed by atoms with Gasteiger partial charge in [-0.05, 0) is 55.8 Å². The molecule has 1 aromatic carbocycles.